The predicted octanol–water partition coefficient (Wildman–Crippen LogP) is 5.65. The minimum absolute atomic E-state index is 0.232. The van der Waals surface area contributed by atoms with Crippen LogP contribution < -0.4 is 0 Å². The van der Waals surface area contributed by atoms with E-state index in [0.29, 0.717) is 16.7 Å². The van der Waals surface area contributed by atoms with Crippen LogP contribution in [0.25, 0.3) is 11.1 Å². The summed E-state index contributed by atoms with van der Waals surface area (Å²) in [7, 11) is 0. The molecule has 0 N–H and O–H groups in total. The van der Waals surface area contributed by atoms with Crippen molar-refractivity contribution in [3.8, 4) is 23.0 Å². The van der Waals surface area contributed by atoms with Gasteiger partial charge in [0, 0.05) is 16.7 Å². The average Bonchev–Trinajstić information content (AvgIpc) is 2.57. The van der Waals surface area contributed by atoms with Crippen molar-refractivity contribution >= 4 is 0 Å². The van der Waals surface area contributed by atoms with Crippen molar-refractivity contribution < 1.29 is 8.78 Å². The summed E-state index contributed by atoms with van der Waals surface area (Å²) in [5.41, 5.74) is 4.30. The second-order valence-electron chi connectivity index (χ2n) is 5.77. The van der Waals surface area contributed by atoms with Crippen LogP contribution in [0.15, 0.2) is 60.7 Å². The molecule has 118 valence electrons. The van der Waals surface area contributed by atoms with E-state index in [9.17, 15) is 8.78 Å². The third-order valence-electron chi connectivity index (χ3n) is 3.84. The highest BCUT2D eigenvalue weighted by Crippen LogP contribution is 2.23. The Morgan fingerprint density at radius 3 is 2.00 bits per heavy atom. The Morgan fingerprint density at radius 1 is 0.667 bits per heavy atom. The molecular weight excluding hydrogens is 302 g/mol. The van der Waals surface area contributed by atoms with E-state index in [1.807, 2.05) is 37.3 Å². The number of hydrogen-bond donors (Lipinski definition) is 0. The summed E-state index contributed by atoms with van der Waals surface area (Å²) in [4.78, 5) is 0. The van der Waals surface area contributed by atoms with Crippen LogP contribution in [0.4, 0.5) is 8.78 Å². The van der Waals surface area contributed by atoms with Gasteiger partial charge in [0.1, 0.15) is 11.6 Å². The zero-order chi connectivity index (χ0) is 17.1. The van der Waals surface area contributed by atoms with Crippen molar-refractivity contribution in [1.82, 2.24) is 0 Å². The topological polar surface area (TPSA) is 0 Å². The first-order chi connectivity index (χ1) is 11.5. The minimum atomic E-state index is -0.257. The lowest BCUT2D eigenvalue weighted by Gasteiger charge is -2.04. The molecule has 3 aromatic carbocycles. The lowest BCUT2D eigenvalue weighted by Crippen LogP contribution is -1.86. The molecule has 3 aromatic rings. The number of aryl methyl sites for hydroxylation is 2. The fraction of sp³-hybridized carbons (Fsp3) is 0.0909. The first-order valence-electron chi connectivity index (χ1n) is 7.68. The molecule has 0 fully saturated rings. The molecule has 3 rings (SSSR count). The summed E-state index contributed by atoms with van der Waals surface area (Å²) in [6, 6.07) is 17.5. The molecule has 0 saturated carbocycles. The summed E-state index contributed by atoms with van der Waals surface area (Å²) >= 11 is 0. The van der Waals surface area contributed by atoms with E-state index in [0.717, 1.165) is 16.7 Å². The molecule has 0 aliphatic heterocycles. The standard InChI is InChI=1S/C22H16F2/c1-15-3-12-20(22(24)13-15)19-10-8-17(9-11-19)6-7-18-5-4-16(2)21(23)14-18/h3-5,8-14H,1-2H3. The smallest absolute Gasteiger partial charge is 0.131 e. The van der Waals surface area contributed by atoms with Crippen LogP contribution in [0, 0.1) is 37.3 Å². The highest BCUT2D eigenvalue weighted by atomic mass is 19.1. The van der Waals surface area contributed by atoms with Gasteiger partial charge in [-0.15, -0.1) is 0 Å². The second kappa shape index (κ2) is 6.68. The molecule has 0 aliphatic rings. The minimum Gasteiger partial charge on any atom is -0.207 e. The Morgan fingerprint density at radius 2 is 1.33 bits per heavy atom. The van der Waals surface area contributed by atoms with E-state index < -0.39 is 0 Å². The number of halogens is 2. The van der Waals surface area contributed by atoms with Gasteiger partial charge >= 0.3 is 0 Å². The van der Waals surface area contributed by atoms with Crippen LogP contribution in [0.1, 0.15) is 22.3 Å². The highest BCUT2D eigenvalue weighted by molar-refractivity contribution is 5.65. The molecule has 2 heteroatoms. The Balaban J connectivity index is 1.85. The van der Waals surface area contributed by atoms with Gasteiger partial charge in [0.2, 0.25) is 0 Å². The van der Waals surface area contributed by atoms with Crippen molar-refractivity contribution in [2.45, 2.75) is 13.8 Å². The lowest BCUT2D eigenvalue weighted by atomic mass is 10.0. The van der Waals surface area contributed by atoms with Crippen LogP contribution in [-0.4, -0.2) is 0 Å². The Kier molecular flexibility index (Phi) is 4.44. The van der Waals surface area contributed by atoms with E-state index in [1.54, 1.807) is 25.1 Å². The normalized spacial score (nSPS) is 10.2. The lowest BCUT2D eigenvalue weighted by molar-refractivity contribution is 0.618. The zero-order valence-corrected chi connectivity index (χ0v) is 13.5. The molecule has 0 aromatic heterocycles. The third kappa shape index (κ3) is 3.52. The summed E-state index contributed by atoms with van der Waals surface area (Å²) in [5, 5.41) is 0. The summed E-state index contributed by atoms with van der Waals surface area (Å²) in [6.45, 7) is 3.58. The van der Waals surface area contributed by atoms with Crippen molar-refractivity contribution in [1.29, 1.82) is 0 Å². The third-order valence-corrected chi connectivity index (χ3v) is 3.84. The van der Waals surface area contributed by atoms with Gasteiger partial charge in [-0.2, -0.15) is 0 Å². The van der Waals surface area contributed by atoms with Gasteiger partial charge in [0.05, 0.1) is 0 Å². The van der Waals surface area contributed by atoms with Crippen molar-refractivity contribution in [3.63, 3.8) is 0 Å². The van der Waals surface area contributed by atoms with Gasteiger partial charge in [-0.1, -0.05) is 42.2 Å². The SMILES string of the molecule is Cc1ccc(-c2ccc(C#Cc3ccc(C)c(F)c3)cc2)c(F)c1. The maximum atomic E-state index is 14.0. The van der Waals surface area contributed by atoms with E-state index in [2.05, 4.69) is 11.8 Å². The summed E-state index contributed by atoms with van der Waals surface area (Å²) in [5.74, 6) is 5.45. The number of benzene rings is 3. The average molecular weight is 318 g/mol. The van der Waals surface area contributed by atoms with Crippen molar-refractivity contribution in [3.05, 3.63) is 94.6 Å². The van der Waals surface area contributed by atoms with E-state index in [4.69, 9.17) is 0 Å². The van der Waals surface area contributed by atoms with E-state index in [1.165, 1.54) is 12.1 Å². The molecular formula is C22H16F2. The molecule has 0 atom stereocenters. The maximum Gasteiger partial charge on any atom is 0.131 e. The van der Waals surface area contributed by atoms with Gasteiger partial charge in [-0.25, -0.2) is 8.78 Å². The van der Waals surface area contributed by atoms with Crippen LogP contribution in [0.2, 0.25) is 0 Å². The Hall–Kier alpha value is -2.92. The van der Waals surface area contributed by atoms with E-state index >= 15 is 0 Å². The van der Waals surface area contributed by atoms with Crippen molar-refractivity contribution in [2.75, 3.05) is 0 Å². The van der Waals surface area contributed by atoms with E-state index in [-0.39, 0.29) is 11.6 Å². The zero-order valence-electron chi connectivity index (χ0n) is 13.5. The molecule has 0 heterocycles. The molecule has 0 radical (unpaired) electrons. The van der Waals surface area contributed by atoms with Crippen molar-refractivity contribution in [2.24, 2.45) is 0 Å². The molecule has 0 bridgehead atoms. The Labute approximate surface area is 140 Å². The molecule has 0 saturated heterocycles. The van der Waals surface area contributed by atoms with Gasteiger partial charge < -0.3 is 0 Å². The molecule has 0 amide bonds. The molecule has 0 unspecified atom stereocenters. The predicted molar refractivity (Wildman–Crippen MR) is 93.7 cm³/mol. The first kappa shape index (κ1) is 16.0. The van der Waals surface area contributed by atoms with Crippen LogP contribution in [-0.2, 0) is 0 Å². The summed E-state index contributed by atoms with van der Waals surface area (Å²) < 4.78 is 27.5. The van der Waals surface area contributed by atoms with Gasteiger partial charge in [-0.05, 0) is 60.9 Å². The summed E-state index contributed by atoms with van der Waals surface area (Å²) in [6.07, 6.45) is 0. The van der Waals surface area contributed by atoms with Crippen LogP contribution >= 0.6 is 0 Å². The molecule has 0 aliphatic carbocycles. The highest BCUT2D eigenvalue weighted by Gasteiger charge is 2.04. The number of hydrogen-bond acceptors (Lipinski definition) is 0. The monoisotopic (exact) mass is 318 g/mol. The van der Waals surface area contributed by atoms with Crippen LogP contribution in [0.5, 0.6) is 0 Å². The first-order valence-corrected chi connectivity index (χ1v) is 7.68. The van der Waals surface area contributed by atoms with Gasteiger partial charge in [0.15, 0.2) is 0 Å². The largest absolute Gasteiger partial charge is 0.207 e. The maximum absolute atomic E-state index is 14.0. The fourth-order valence-corrected chi connectivity index (χ4v) is 2.40. The molecule has 24 heavy (non-hydrogen) atoms. The molecule has 0 spiro atoms. The fourth-order valence-electron chi connectivity index (χ4n) is 2.40. The number of rotatable bonds is 1. The second-order valence-corrected chi connectivity index (χ2v) is 5.77. The van der Waals surface area contributed by atoms with Gasteiger partial charge in [-0.3, -0.25) is 0 Å². The van der Waals surface area contributed by atoms with Gasteiger partial charge in [0.25, 0.3) is 0 Å². The molecule has 0 nitrogen and oxygen atoms in total. The Bertz CT molecular complexity index is 942. The quantitative estimate of drug-likeness (QED) is 0.509. The van der Waals surface area contributed by atoms with Crippen LogP contribution in [0.3, 0.4) is 0 Å².